The molecule has 0 aliphatic carbocycles. The van der Waals surface area contributed by atoms with Crippen LogP contribution in [0.15, 0.2) is 53.4 Å². The minimum atomic E-state index is -3.76. The molecule has 1 amide bonds. The molecule has 9 heteroatoms. The fourth-order valence-corrected chi connectivity index (χ4v) is 3.19. The minimum absolute atomic E-state index is 0.0498. The van der Waals surface area contributed by atoms with Gasteiger partial charge in [-0.25, -0.2) is 13.2 Å². The summed E-state index contributed by atoms with van der Waals surface area (Å²) in [6.07, 6.45) is 3.95. The van der Waals surface area contributed by atoms with E-state index in [0.717, 1.165) is 0 Å². The van der Waals surface area contributed by atoms with Gasteiger partial charge in [-0.3, -0.25) is 4.79 Å². The molecule has 2 N–H and O–H groups in total. The molecule has 1 unspecified atom stereocenters. The summed E-state index contributed by atoms with van der Waals surface area (Å²) < 4.78 is 36.5. The average Bonchev–Trinajstić information content (AvgIpc) is 2.72. The number of carbonyl (C=O) groups excluding carboxylic acids is 2. The molecule has 0 aliphatic rings. The number of carbonyl (C=O) groups is 2. The zero-order valence-corrected chi connectivity index (χ0v) is 16.7. The molecule has 0 fully saturated rings. The summed E-state index contributed by atoms with van der Waals surface area (Å²) in [5, 5.41) is 2.62. The van der Waals surface area contributed by atoms with Gasteiger partial charge in [0.15, 0.2) is 6.10 Å². The van der Waals surface area contributed by atoms with Crippen molar-refractivity contribution in [2.75, 3.05) is 19.0 Å². The van der Waals surface area contributed by atoms with Gasteiger partial charge in [-0.05, 0) is 43.3 Å². The van der Waals surface area contributed by atoms with Crippen molar-refractivity contribution < 1.29 is 27.5 Å². The summed E-state index contributed by atoms with van der Waals surface area (Å²) in [6.45, 7) is 1.27. The smallest absolute Gasteiger partial charge is 0.338 e. The molecule has 0 radical (unpaired) electrons. The highest BCUT2D eigenvalue weighted by Crippen LogP contribution is 2.23. The number of anilines is 1. The van der Waals surface area contributed by atoms with Crippen LogP contribution in [0.3, 0.4) is 0 Å². The summed E-state index contributed by atoms with van der Waals surface area (Å²) in [5.74, 6) is 1.33. The van der Waals surface area contributed by atoms with Gasteiger partial charge in [-0.2, -0.15) is 4.72 Å². The lowest BCUT2D eigenvalue weighted by atomic mass is 10.2. The van der Waals surface area contributed by atoms with E-state index in [2.05, 4.69) is 16.0 Å². The molecule has 0 saturated carbocycles. The number of esters is 1. The van der Waals surface area contributed by atoms with Crippen molar-refractivity contribution in [3.63, 3.8) is 0 Å². The van der Waals surface area contributed by atoms with Crippen LogP contribution >= 0.6 is 0 Å². The highest BCUT2D eigenvalue weighted by molar-refractivity contribution is 7.89. The molecule has 2 aromatic rings. The molecule has 0 aromatic heterocycles. The van der Waals surface area contributed by atoms with Crippen LogP contribution in [0.25, 0.3) is 0 Å². The molecule has 0 spiro atoms. The first kappa shape index (κ1) is 21.9. The Morgan fingerprint density at radius 1 is 1.14 bits per heavy atom. The molecule has 1 atom stereocenters. The van der Waals surface area contributed by atoms with Gasteiger partial charge >= 0.3 is 5.97 Å². The predicted octanol–water partition coefficient (Wildman–Crippen LogP) is 1.79. The molecule has 0 saturated heterocycles. The van der Waals surface area contributed by atoms with Crippen molar-refractivity contribution in [3.8, 4) is 18.1 Å². The molecule has 0 aliphatic heterocycles. The number of ether oxygens (including phenoxy) is 2. The Morgan fingerprint density at radius 3 is 2.41 bits per heavy atom. The Morgan fingerprint density at radius 2 is 1.79 bits per heavy atom. The van der Waals surface area contributed by atoms with E-state index in [1.165, 1.54) is 38.3 Å². The number of amides is 1. The van der Waals surface area contributed by atoms with Crippen molar-refractivity contribution in [3.05, 3.63) is 54.1 Å². The normalized spacial score (nSPS) is 11.8. The molecule has 8 nitrogen and oxygen atoms in total. The van der Waals surface area contributed by atoms with Crippen LogP contribution in [0.5, 0.6) is 5.75 Å². The Kier molecular flexibility index (Phi) is 7.36. The third-order valence-electron chi connectivity index (χ3n) is 3.78. The zero-order valence-electron chi connectivity index (χ0n) is 15.8. The Hall–Kier alpha value is -3.35. The van der Waals surface area contributed by atoms with E-state index in [4.69, 9.17) is 15.9 Å². The summed E-state index contributed by atoms with van der Waals surface area (Å²) >= 11 is 0. The minimum Gasteiger partial charge on any atom is -0.495 e. The van der Waals surface area contributed by atoms with Crippen LogP contribution in [-0.2, 0) is 19.6 Å². The van der Waals surface area contributed by atoms with E-state index in [-0.39, 0.29) is 17.0 Å². The number of sulfonamides is 1. The molecule has 2 aromatic carbocycles. The maximum Gasteiger partial charge on any atom is 0.338 e. The first-order valence-electron chi connectivity index (χ1n) is 8.46. The Bertz CT molecular complexity index is 1030. The zero-order chi connectivity index (χ0) is 21.4. The SMILES string of the molecule is C#CCNS(=O)(=O)c1ccc(C(=O)OC(C)C(=O)Nc2ccccc2OC)cc1. The third-order valence-corrected chi connectivity index (χ3v) is 5.20. The number of rotatable bonds is 8. The van der Waals surface area contributed by atoms with Crippen LogP contribution in [0.1, 0.15) is 17.3 Å². The lowest BCUT2D eigenvalue weighted by Crippen LogP contribution is -2.30. The molecule has 0 bridgehead atoms. The standard InChI is InChI=1S/C20H20N2O6S/c1-4-13-21-29(25,26)16-11-9-15(10-12-16)20(24)28-14(2)19(23)22-17-7-5-6-8-18(17)27-3/h1,5-12,14,21H,13H2,2-3H3,(H,22,23). The molecule has 0 heterocycles. The van der Waals surface area contributed by atoms with Gasteiger partial charge in [0.05, 0.1) is 29.8 Å². The van der Waals surface area contributed by atoms with E-state index >= 15 is 0 Å². The molecule has 2 rings (SSSR count). The predicted molar refractivity (Wildman–Crippen MR) is 107 cm³/mol. The number of methoxy groups -OCH3 is 1. The number of benzene rings is 2. The summed E-state index contributed by atoms with van der Waals surface area (Å²) in [7, 11) is -2.29. The largest absolute Gasteiger partial charge is 0.495 e. The van der Waals surface area contributed by atoms with Crippen molar-refractivity contribution in [2.45, 2.75) is 17.9 Å². The van der Waals surface area contributed by atoms with E-state index in [1.54, 1.807) is 24.3 Å². The highest BCUT2D eigenvalue weighted by atomic mass is 32.2. The lowest BCUT2D eigenvalue weighted by Gasteiger charge is -2.15. The van der Waals surface area contributed by atoms with Gasteiger partial charge in [-0.1, -0.05) is 18.1 Å². The van der Waals surface area contributed by atoms with Crippen LogP contribution in [0.4, 0.5) is 5.69 Å². The fraction of sp³-hybridized carbons (Fsp3) is 0.200. The average molecular weight is 416 g/mol. The fourth-order valence-electron chi connectivity index (χ4n) is 2.25. The van der Waals surface area contributed by atoms with Gasteiger partial charge in [-0.15, -0.1) is 6.42 Å². The second-order valence-electron chi connectivity index (χ2n) is 5.79. The van der Waals surface area contributed by atoms with Gasteiger partial charge in [0.2, 0.25) is 10.0 Å². The van der Waals surface area contributed by atoms with Gasteiger partial charge in [0, 0.05) is 0 Å². The number of hydrogen-bond donors (Lipinski definition) is 2. The van der Waals surface area contributed by atoms with Crippen molar-refractivity contribution >= 4 is 27.6 Å². The van der Waals surface area contributed by atoms with E-state index in [1.807, 2.05) is 0 Å². The van der Waals surface area contributed by atoms with E-state index in [9.17, 15) is 18.0 Å². The van der Waals surface area contributed by atoms with Crippen molar-refractivity contribution in [2.24, 2.45) is 0 Å². The quantitative estimate of drug-likeness (QED) is 0.501. The molecule has 29 heavy (non-hydrogen) atoms. The van der Waals surface area contributed by atoms with Gasteiger partial charge in [0.1, 0.15) is 5.75 Å². The van der Waals surface area contributed by atoms with E-state index < -0.39 is 28.0 Å². The number of para-hydroxylation sites is 2. The molecular formula is C20H20N2O6S. The van der Waals surface area contributed by atoms with Gasteiger partial charge < -0.3 is 14.8 Å². The highest BCUT2D eigenvalue weighted by Gasteiger charge is 2.21. The van der Waals surface area contributed by atoms with Crippen molar-refractivity contribution in [1.82, 2.24) is 4.72 Å². The van der Waals surface area contributed by atoms with Crippen molar-refractivity contribution in [1.29, 1.82) is 0 Å². The third kappa shape index (κ3) is 5.81. The maximum absolute atomic E-state index is 12.3. The number of nitrogens with one attached hydrogen (secondary N) is 2. The molecule has 152 valence electrons. The maximum atomic E-state index is 12.3. The first-order valence-corrected chi connectivity index (χ1v) is 9.95. The summed E-state index contributed by atoms with van der Waals surface area (Å²) in [6, 6.07) is 11.9. The number of terminal acetylenes is 1. The van der Waals surface area contributed by atoms with Crippen LogP contribution in [0.2, 0.25) is 0 Å². The first-order chi connectivity index (χ1) is 13.8. The Labute approximate surface area is 169 Å². The Balaban J connectivity index is 2.02. The van der Waals surface area contributed by atoms with Crippen LogP contribution in [0, 0.1) is 12.3 Å². The number of hydrogen-bond acceptors (Lipinski definition) is 6. The van der Waals surface area contributed by atoms with E-state index in [0.29, 0.717) is 11.4 Å². The second kappa shape index (κ2) is 9.73. The monoisotopic (exact) mass is 416 g/mol. The topological polar surface area (TPSA) is 111 Å². The van der Waals surface area contributed by atoms with Crippen LogP contribution in [-0.4, -0.2) is 40.1 Å². The lowest BCUT2D eigenvalue weighted by molar-refractivity contribution is -0.123. The summed E-state index contributed by atoms with van der Waals surface area (Å²) in [4.78, 5) is 24.5. The molecular weight excluding hydrogens is 396 g/mol. The summed E-state index contributed by atoms with van der Waals surface area (Å²) in [5.41, 5.74) is 0.537. The van der Waals surface area contributed by atoms with Gasteiger partial charge in [0.25, 0.3) is 5.91 Å². The second-order valence-corrected chi connectivity index (χ2v) is 7.56. The van der Waals surface area contributed by atoms with Crippen LogP contribution < -0.4 is 14.8 Å².